The lowest BCUT2D eigenvalue weighted by molar-refractivity contribution is -0.121. The number of aromatic nitrogens is 2. The maximum atomic E-state index is 12.2. The van der Waals surface area contributed by atoms with E-state index >= 15 is 0 Å². The number of H-pyrrole nitrogens is 2. The van der Waals surface area contributed by atoms with Crippen LogP contribution >= 0.6 is 0 Å². The van der Waals surface area contributed by atoms with E-state index in [4.69, 9.17) is 0 Å². The SMILES string of the molecule is Cc1[nH]c(=O)[nH]c(=O)c1CC(=O)N[C@@H]1CCc2ccccc2C1. The lowest BCUT2D eigenvalue weighted by Gasteiger charge is -2.25. The van der Waals surface area contributed by atoms with Crippen molar-refractivity contribution in [2.45, 2.75) is 38.6 Å². The lowest BCUT2D eigenvalue weighted by atomic mass is 9.88. The Balaban J connectivity index is 1.67. The quantitative estimate of drug-likeness (QED) is 0.774. The molecular formula is C17H19N3O3. The van der Waals surface area contributed by atoms with Crippen molar-refractivity contribution < 1.29 is 4.79 Å². The number of carbonyl (C=O) groups excluding carboxylic acids is 1. The molecule has 3 N–H and O–H groups in total. The topological polar surface area (TPSA) is 94.8 Å². The number of rotatable bonds is 3. The number of fused-ring (bicyclic) bond motifs is 1. The third-order valence-electron chi connectivity index (χ3n) is 4.30. The summed E-state index contributed by atoms with van der Waals surface area (Å²) in [5, 5.41) is 2.99. The zero-order valence-electron chi connectivity index (χ0n) is 12.9. The highest BCUT2D eigenvalue weighted by atomic mass is 16.2. The summed E-state index contributed by atoms with van der Waals surface area (Å²) in [6.07, 6.45) is 2.61. The lowest BCUT2D eigenvalue weighted by Crippen LogP contribution is -2.41. The third-order valence-corrected chi connectivity index (χ3v) is 4.30. The predicted molar refractivity (Wildman–Crippen MR) is 86.5 cm³/mol. The molecule has 1 aliphatic rings. The van der Waals surface area contributed by atoms with Crippen LogP contribution in [0.5, 0.6) is 0 Å². The van der Waals surface area contributed by atoms with Gasteiger partial charge in [0.1, 0.15) is 0 Å². The van der Waals surface area contributed by atoms with Crippen LogP contribution < -0.4 is 16.6 Å². The minimum Gasteiger partial charge on any atom is -0.353 e. The van der Waals surface area contributed by atoms with E-state index in [1.54, 1.807) is 6.92 Å². The minimum absolute atomic E-state index is 0.0317. The number of amides is 1. The first kappa shape index (κ1) is 15.3. The van der Waals surface area contributed by atoms with Crippen molar-refractivity contribution in [2.75, 3.05) is 0 Å². The standard InChI is InChI=1S/C17H19N3O3/c1-10-14(16(22)20-17(23)18-10)9-15(21)19-13-7-6-11-4-2-3-5-12(11)8-13/h2-5,13H,6-9H2,1H3,(H,19,21)(H2,18,20,22,23)/t13-/m1/s1. The van der Waals surface area contributed by atoms with E-state index in [1.165, 1.54) is 11.1 Å². The number of carbonyl (C=O) groups is 1. The number of hydrogen-bond donors (Lipinski definition) is 3. The van der Waals surface area contributed by atoms with E-state index in [2.05, 4.69) is 27.4 Å². The number of nitrogens with one attached hydrogen (secondary N) is 3. The van der Waals surface area contributed by atoms with Gasteiger partial charge in [0, 0.05) is 17.3 Å². The molecule has 0 spiro atoms. The van der Waals surface area contributed by atoms with Crippen LogP contribution in [0.3, 0.4) is 0 Å². The maximum absolute atomic E-state index is 12.2. The normalized spacial score (nSPS) is 16.7. The molecule has 1 aromatic carbocycles. The predicted octanol–water partition coefficient (Wildman–Crippen LogP) is 0.588. The summed E-state index contributed by atoms with van der Waals surface area (Å²) in [6, 6.07) is 8.33. The van der Waals surface area contributed by atoms with Gasteiger partial charge in [0.15, 0.2) is 0 Å². The first-order valence-corrected chi connectivity index (χ1v) is 7.71. The van der Waals surface area contributed by atoms with Crippen LogP contribution in [0, 0.1) is 6.92 Å². The number of aryl methyl sites for hydroxylation is 2. The van der Waals surface area contributed by atoms with Crippen LogP contribution in [0.15, 0.2) is 33.9 Å². The van der Waals surface area contributed by atoms with Gasteiger partial charge in [-0.3, -0.25) is 14.6 Å². The molecule has 0 radical (unpaired) electrons. The van der Waals surface area contributed by atoms with E-state index in [9.17, 15) is 14.4 Å². The van der Waals surface area contributed by atoms with E-state index in [-0.39, 0.29) is 18.4 Å². The second kappa shape index (κ2) is 6.24. The summed E-state index contributed by atoms with van der Waals surface area (Å²) in [6.45, 7) is 1.62. The Morgan fingerprint density at radius 1 is 1.22 bits per heavy atom. The molecule has 0 unspecified atom stereocenters. The van der Waals surface area contributed by atoms with Crippen molar-refractivity contribution in [1.29, 1.82) is 0 Å². The van der Waals surface area contributed by atoms with Crippen molar-refractivity contribution in [3.05, 3.63) is 67.5 Å². The Kier molecular flexibility index (Phi) is 4.14. The Bertz CT molecular complexity index is 851. The van der Waals surface area contributed by atoms with Crippen molar-refractivity contribution in [3.63, 3.8) is 0 Å². The molecular weight excluding hydrogens is 294 g/mol. The average Bonchev–Trinajstić information content (AvgIpc) is 2.51. The van der Waals surface area contributed by atoms with Gasteiger partial charge in [0.05, 0.1) is 6.42 Å². The van der Waals surface area contributed by atoms with Crippen LogP contribution in [0.1, 0.15) is 28.8 Å². The molecule has 6 heteroatoms. The summed E-state index contributed by atoms with van der Waals surface area (Å²) in [7, 11) is 0. The second-order valence-corrected chi connectivity index (χ2v) is 5.96. The van der Waals surface area contributed by atoms with Crippen molar-refractivity contribution in [3.8, 4) is 0 Å². The second-order valence-electron chi connectivity index (χ2n) is 5.96. The van der Waals surface area contributed by atoms with Crippen LogP contribution in [-0.4, -0.2) is 21.9 Å². The Labute approximate surface area is 133 Å². The molecule has 0 saturated carbocycles. The van der Waals surface area contributed by atoms with Crippen LogP contribution in [0.4, 0.5) is 0 Å². The molecule has 0 aliphatic heterocycles. The van der Waals surface area contributed by atoms with E-state index in [1.807, 2.05) is 12.1 Å². The summed E-state index contributed by atoms with van der Waals surface area (Å²) < 4.78 is 0. The monoisotopic (exact) mass is 313 g/mol. The smallest absolute Gasteiger partial charge is 0.325 e. The van der Waals surface area contributed by atoms with Crippen LogP contribution in [-0.2, 0) is 24.1 Å². The minimum atomic E-state index is -0.555. The number of benzene rings is 1. The zero-order chi connectivity index (χ0) is 16.4. The van der Waals surface area contributed by atoms with Gasteiger partial charge in [-0.25, -0.2) is 4.79 Å². The van der Waals surface area contributed by atoms with Crippen molar-refractivity contribution in [2.24, 2.45) is 0 Å². The molecule has 1 atom stereocenters. The molecule has 3 rings (SSSR count). The maximum Gasteiger partial charge on any atom is 0.325 e. The van der Waals surface area contributed by atoms with Gasteiger partial charge in [0.25, 0.3) is 5.56 Å². The molecule has 120 valence electrons. The van der Waals surface area contributed by atoms with E-state index < -0.39 is 11.2 Å². The third kappa shape index (κ3) is 3.41. The summed E-state index contributed by atoms with van der Waals surface area (Å²) >= 11 is 0. The Morgan fingerprint density at radius 2 is 1.96 bits per heavy atom. The van der Waals surface area contributed by atoms with Gasteiger partial charge in [-0.15, -0.1) is 0 Å². The highest BCUT2D eigenvalue weighted by molar-refractivity contribution is 5.79. The fraction of sp³-hybridized carbons (Fsp3) is 0.353. The molecule has 6 nitrogen and oxygen atoms in total. The van der Waals surface area contributed by atoms with Gasteiger partial charge in [0.2, 0.25) is 5.91 Å². The number of hydrogen-bond acceptors (Lipinski definition) is 3. The van der Waals surface area contributed by atoms with Crippen LogP contribution in [0.2, 0.25) is 0 Å². The number of aromatic amines is 2. The molecule has 23 heavy (non-hydrogen) atoms. The van der Waals surface area contributed by atoms with Crippen molar-refractivity contribution >= 4 is 5.91 Å². The summed E-state index contributed by atoms with van der Waals surface area (Å²) in [5.41, 5.74) is 2.28. The molecule has 1 heterocycles. The summed E-state index contributed by atoms with van der Waals surface area (Å²) in [5.74, 6) is -0.199. The molecule has 1 aromatic heterocycles. The van der Waals surface area contributed by atoms with Gasteiger partial charge in [-0.1, -0.05) is 24.3 Å². The van der Waals surface area contributed by atoms with Crippen molar-refractivity contribution in [1.82, 2.24) is 15.3 Å². The molecule has 0 saturated heterocycles. The van der Waals surface area contributed by atoms with E-state index in [0.717, 1.165) is 19.3 Å². The summed E-state index contributed by atoms with van der Waals surface area (Å²) in [4.78, 5) is 39.9. The molecule has 1 aliphatic carbocycles. The van der Waals surface area contributed by atoms with E-state index in [0.29, 0.717) is 11.3 Å². The van der Waals surface area contributed by atoms with Gasteiger partial charge >= 0.3 is 5.69 Å². The Hall–Kier alpha value is -2.63. The molecule has 0 fully saturated rings. The first-order chi connectivity index (χ1) is 11.0. The fourth-order valence-electron chi connectivity index (χ4n) is 3.10. The van der Waals surface area contributed by atoms with Crippen LogP contribution in [0.25, 0.3) is 0 Å². The Morgan fingerprint density at radius 3 is 2.70 bits per heavy atom. The largest absolute Gasteiger partial charge is 0.353 e. The van der Waals surface area contributed by atoms with Gasteiger partial charge < -0.3 is 10.3 Å². The molecule has 1 amide bonds. The zero-order valence-corrected chi connectivity index (χ0v) is 12.9. The highest BCUT2D eigenvalue weighted by Gasteiger charge is 2.20. The average molecular weight is 313 g/mol. The van der Waals surface area contributed by atoms with Gasteiger partial charge in [-0.2, -0.15) is 0 Å². The highest BCUT2D eigenvalue weighted by Crippen LogP contribution is 2.21. The first-order valence-electron chi connectivity index (χ1n) is 7.71. The molecule has 2 aromatic rings. The fourth-order valence-corrected chi connectivity index (χ4v) is 3.10. The molecule has 0 bridgehead atoms. The van der Waals surface area contributed by atoms with Gasteiger partial charge in [-0.05, 0) is 37.3 Å².